The van der Waals surface area contributed by atoms with Crippen molar-refractivity contribution in [3.63, 3.8) is 0 Å². The van der Waals surface area contributed by atoms with Gasteiger partial charge in [0, 0.05) is 26.7 Å². The molecule has 4 rings (SSSR count). The maximum Gasteiger partial charge on any atom is 0.240 e. The van der Waals surface area contributed by atoms with Crippen LogP contribution in [0.2, 0.25) is 0 Å². The van der Waals surface area contributed by atoms with Crippen LogP contribution >= 0.6 is 0 Å². The van der Waals surface area contributed by atoms with Crippen LogP contribution in [0.4, 0.5) is 0 Å². The minimum absolute atomic E-state index is 0.118. The molecule has 0 spiro atoms. The van der Waals surface area contributed by atoms with Crippen molar-refractivity contribution in [2.24, 2.45) is 17.8 Å². The van der Waals surface area contributed by atoms with Crippen molar-refractivity contribution in [1.29, 1.82) is 0 Å². The Kier molecular flexibility index (Phi) is 5.20. The maximum absolute atomic E-state index is 5.40. The largest absolute Gasteiger partial charge is 0.374 e. The van der Waals surface area contributed by atoms with E-state index >= 15 is 0 Å². The molecule has 1 aromatic rings. The highest BCUT2D eigenvalue weighted by Crippen LogP contribution is 2.43. The van der Waals surface area contributed by atoms with Crippen LogP contribution in [-0.4, -0.2) is 59.8 Å². The third-order valence-electron chi connectivity index (χ3n) is 6.15. The van der Waals surface area contributed by atoms with E-state index in [2.05, 4.69) is 32.1 Å². The van der Waals surface area contributed by atoms with E-state index in [9.17, 15) is 0 Å². The monoisotopic (exact) mass is 346 g/mol. The van der Waals surface area contributed by atoms with Crippen molar-refractivity contribution in [3.05, 3.63) is 23.9 Å². The fraction of sp³-hybridized carbons (Fsp3) is 0.789. The van der Waals surface area contributed by atoms with Gasteiger partial charge < -0.3 is 14.2 Å². The minimum atomic E-state index is -0.118. The van der Waals surface area contributed by atoms with Crippen LogP contribution in [0.3, 0.4) is 0 Å². The number of allylic oxidation sites excluding steroid dienone is 2. The van der Waals surface area contributed by atoms with E-state index in [1.807, 2.05) is 6.92 Å². The molecule has 1 aromatic heterocycles. The summed E-state index contributed by atoms with van der Waals surface area (Å²) < 4.78 is 10.6. The Bertz CT molecular complexity index is 602. The molecule has 2 bridgehead atoms. The molecule has 3 aliphatic rings. The van der Waals surface area contributed by atoms with Gasteiger partial charge in [-0.2, -0.15) is 4.98 Å². The van der Waals surface area contributed by atoms with Gasteiger partial charge in [0.1, 0.15) is 6.10 Å². The summed E-state index contributed by atoms with van der Waals surface area (Å²) in [6.45, 7) is 8.49. The van der Waals surface area contributed by atoms with E-state index in [0.29, 0.717) is 11.7 Å². The molecular formula is C19H30N4O2. The van der Waals surface area contributed by atoms with Gasteiger partial charge >= 0.3 is 0 Å². The van der Waals surface area contributed by atoms with Gasteiger partial charge in [-0.1, -0.05) is 17.3 Å². The molecule has 0 aromatic carbocycles. The zero-order valence-electron chi connectivity index (χ0n) is 15.4. The standard InChI is InChI=1S/C19H30N4O2/c1-14(24-2)19-20-18(25-21-19)13-23-7-3-6-22(8-9-23)12-17-11-15-4-5-16(17)10-15/h4-5,14-17H,3,6-13H2,1-2H3/t14-,15-,16-,17+/m0/s1. The maximum atomic E-state index is 5.40. The summed E-state index contributed by atoms with van der Waals surface area (Å²) in [5, 5.41) is 4.03. The fourth-order valence-electron chi connectivity index (χ4n) is 4.60. The Morgan fingerprint density at radius 3 is 2.80 bits per heavy atom. The first-order chi connectivity index (χ1) is 12.2. The number of fused-ring (bicyclic) bond motifs is 2. The van der Waals surface area contributed by atoms with Crippen molar-refractivity contribution >= 4 is 0 Å². The molecular weight excluding hydrogens is 316 g/mol. The number of rotatable bonds is 6. The van der Waals surface area contributed by atoms with Gasteiger partial charge in [0.25, 0.3) is 0 Å². The van der Waals surface area contributed by atoms with E-state index in [1.165, 1.54) is 32.4 Å². The predicted molar refractivity (Wildman–Crippen MR) is 94.9 cm³/mol. The van der Waals surface area contributed by atoms with Crippen LogP contribution in [0.15, 0.2) is 16.7 Å². The summed E-state index contributed by atoms with van der Waals surface area (Å²) in [7, 11) is 1.66. The summed E-state index contributed by atoms with van der Waals surface area (Å²) in [5.74, 6) is 3.95. The average molecular weight is 346 g/mol. The second kappa shape index (κ2) is 7.56. The van der Waals surface area contributed by atoms with Crippen LogP contribution in [0.1, 0.15) is 44.0 Å². The molecule has 1 saturated carbocycles. The van der Waals surface area contributed by atoms with Crippen molar-refractivity contribution in [2.45, 2.75) is 38.8 Å². The molecule has 2 aliphatic carbocycles. The third kappa shape index (κ3) is 3.96. The molecule has 6 nitrogen and oxygen atoms in total. The summed E-state index contributed by atoms with van der Waals surface area (Å²) in [6.07, 6.45) is 8.82. The number of hydrogen-bond donors (Lipinski definition) is 0. The SMILES string of the molecule is CO[C@@H](C)c1noc(CN2CCCN(C[C@H]3C[C@H]4C=C[C@H]3C4)CC2)n1. The molecule has 0 amide bonds. The normalized spacial score (nSPS) is 31.5. The van der Waals surface area contributed by atoms with Crippen molar-refractivity contribution in [1.82, 2.24) is 19.9 Å². The highest BCUT2D eigenvalue weighted by molar-refractivity contribution is 5.10. The first-order valence-corrected chi connectivity index (χ1v) is 9.69. The van der Waals surface area contributed by atoms with Crippen LogP contribution < -0.4 is 0 Å². The van der Waals surface area contributed by atoms with Crippen LogP contribution in [0.25, 0.3) is 0 Å². The van der Waals surface area contributed by atoms with Gasteiger partial charge in [0.15, 0.2) is 5.82 Å². The second-order valence-corrected chi connectivity index (χ2v) is 7.89. The van der Waals surface area contributed by atoms with E-state index in [4.69, 9.17) is 9.26 Å². The molecule has 6 heteroatoms. The number of methoxy groups -OCH3 is 1. The van der Waals surface area contributed by atoms with Crippen LogP contribution in [0.5, 0.6) is 0 Å². The highest BCUT2D eigenvalue weighted by atomic mass is 16.5. The molecule has 0 radical (unpaired) electrons. The topological polar surface area (TPSA) is 54.6 Å². The molecule has 4 atom stereocenters. The molecule has 25 heavy (non-hydrogen) atoms. The molecule has 1 aliphatic heterocycles. The lowest BCUT2D eigenvalue weighted by atomic mass is 9.93. The zero-order valence-corrected chi connectivity index (χ0v) is 15.4. The van der Waals surface area contributed by atoms with Gasteiger partial charge in [-0.3, -0.25) is 4.90 Å². The molecule has 1 saturated heterocycles. The number of aromatic nitrogens is 2. The van der Waals surface area contributed by atoms with Crippen molar-refractivity contribution in [3.8, 4) is 0 Å². The number of hydrogen-bond acceptors (Lipinski definition) is 6. The molecule has 138 valence electrons. The predicted octanol–water partition coefficient (Wildman–Crippen LogP) is 2.50. The van der Waals surface area contributed by atoms with Gasteiger partial charge in [0.2, 0.25) is 5.89 Å². The smallest absolute Gasteiger partial charge is 0.240 e. The Morgan fingerprint density at radius 2 is 2.04 bits per heavy atom. The average Bonchev–Trinajstić information content (AvgIpc) is 3.31. The first kappa shape index (κ1) is 17.2. The molecule has 0 N–H and O–H groups in total. The number of ether oxygens (including phenoxy) is 1. The summed E-state index contributed by atoms with van der Waals surface area (Å²) in [5.41, 5.74) is 0. The number of nitrogens with zero attached hydrogens (tertiary/aromatic N) is 4. The minimum Gasteiger partial charge on any atom is -0.374 e. The lowest BCUT2D eigenvalue weighted by Gasteiger charge is -2.27. The van der Waals surface area contributed by atoms with E-state index in [1.54, 1.807) is 7.11 Å². The highest BCUT2D eigenvalue weighted by Gasteiger charge is 2.36. The lowest BCUT2D eigenvalue weighted by molar-refractivity contribution is 0.109. The summed E-state index contributed by atoms with van der Waals surface area (Å²) in [6, 6.07) is 0. The van der Waals surface area contributed by atoms with Crippen LogP contribution in [-0.2, 0) is 11.3 Å². The molecule has 0 unspecified atom stereocenters. The quantitative estimate of drug-likeness (QED) is 0.738. The lowest BCUT2D eigenvalue weighted by Crippen LogP contribution is -2.35. The second-order valence-electron chi connectivity index (χ2n) is 7.89. The van der Waals surface area contributed by atoms with Crippen LogP contribution in [0, 0.1) is 17.8 Å². The van der Waals surface area contributed by atoms with Crippen molar-refractivity contribution in [2.75, 3.05) is 39.8 Å². The summed E-state index contributed by atoms with van der Waals surface area (Å²) in [4.78, 5) is 9.58. The Morgan fingerprint density at radius 1 is 1.20 bits per heavy atom. The Hall–Kier alpha value is -1.24. The van der Waals surface area contributed by atoms with E-state index < -0.39 is 0 Å². The fourth-order valence-corrected chi connectivity index (χ4v) is 4.60. The van der Waals surface area contributed by atoms with Gasteiger partial charge in [-0.25, -0.2) is 0 Å². The Balaban J connectivity index is 1.26. The third-order valence-corrected chi connectivity index (χ3v) is 6.15. The Labute approximate surface area is 150 Å². The van der Waals surface area contributed by atoms with E-state index in [-0.39, 0.29) is 6.10 Å². The molecule has 2 heterocycles. The van der Waals surface area contributed by atoms with Crippen molar-refractivity contribution < 1.29 is 9.26 Å². The van der Waals surface area contributed by atoms with E-state index in [0.717, 1.165) is 43.9 Å². The molecule has 2 fully saturated rings. The van der Waals surface area contributed by atoms with Gasteiger partial charge in [-0.15, -0.1) is 0 Å². The summed E-state index contributed by atoms with van der Waals surface area (Å²) >= 11 is 0. The van der Waals surface area contributed by atoms with Gasteiger partial charge in [-0.05, 0) is 57.0 Å². The van der Waals surface area contributed by atoms with Gasteiger partial charge in [0.05, 0.1) is 6.54 Å². The zero-order chi connectivity index (χ0) is 17.2. The first-order valence-electron chi connectivity index (χ1n) is 9.69.